The Kier molecular flexibility index (Phi) is 8.50. The largest absolute Gasteiger partial charge is 0.245 e. The molecule has 0 unspecified atom stereocenters. The summed E-state index contributed by atoms with van der Waals surface area (Å²) < 4.78 is 0. The Labute approximate surface area is 317 Å². The smallest absolute Gasteiger partial charge is 0.119 e. The molecule has 53 heavy (non-hydrogen) atoms. The van der Waals surface area contributed by atoms with Gasteiger partial charge in [0.2, 0.25) is 0 Å². The lowest BCUT2D eigenvalue weighted by Gasteiger charge is -2.33. The molecule has 4 heteroatoms. The van der Waals surface area contributed by atoms with Gasteiger partial charge in [-0.25, -0.2) is 9.97 Å². The predicted molar refractivity (Wildman–Crippen MR) is 227 cm³/mol. The van der Waals surface area contributed by atoms with Crippen LogP contribution >= 0.6 is 11.8 Å². The molecule has 254 valence electrons. The number of rotatable bonds is 6. The fraction of sp³-hybridized carbons (Fsp3) is 0.0612. The van der Waals surface area contributed by atoms with Gasteiger partial charge in [-0.2, -0.15) is 0 Å². The van der Waals surface area contributed by atoms with Crippen molar-refractivity contribution in [2.24, 2.45) is 0 Å². The predicted octanol–water partition coefficient (Wildman–Crippen LogP) is 12.1. The highest BCUT2D eigenvalue weighted by Gasteiger charge is 2.38. The summed E-state index contributed by atoms with van der Waals surface area (Å²) >= 11 is 1.80. The first kappa shape index (κ1) is 33.1. The lowest BCUT2D eigenvalue weighted by molar-refractivity contribution is 1.06. The summed E-state index contributed by atoms with van der Waals surface area (Å²) in [4.78, 5) is 10.5. The van der Waals surface area contributed by atoms with Crippen molar-refractivity contribution >= 4 is 30.2 Å². The van der Waals surface area contributed by atoms with Crippen LogP contribution in [-0.4, -0.2) is 18.0 Å². The maximum absolute atomic E-state index is 4.75. The standard InChI is InChI=1S/C49H38N2SSi/c1-33-24-29-42-48(52-49-43(53(42,2)3)31-50-32-51-49)44(33)39-27-25-35(26-28-39)41-30-40(34-16-8-4-9-17-34)45(36-18-10-5-11-19-36)47(38-22-14-7-15-23-38)46(41)37-20-12-6-13-21-37/h4-32H,1-3H3. The first-order chi connectivity index (χ1) is 26.0. The zero-order valence-electron chi connectivity index (χ0n) is 30.0. The molecule has 0 amide bonds. The van der Waals surface area contributed by atoms with E-state index in [0.29, 0.717) is 0 Å². The minimum absolute atomic E-state index is 1.10. The zero-order valence-corrected chi connectivity index (χ0v) is 31.9. The maximum Gasteiger partial charge on any atom is 0.119 e. The van der Waals surface area contributed by atoms with Crippen molar-refractivity contribution in [3.63, 3.8) is 0 Å². The lowest BCUT2D eigenvalue weighted by Crippen LogP contribution is -2.56. The molecule has 9 rings (SSSR count). The van der Waals surface area contributed by atoms with Crippen LogP contribution in [0.25, 0.3) is 66.8 Å². The van der Waals surface area contributed by atoms with E-state index in [4.69, 9.17) is 4.98 Å². The van der Waals surface area contributed by atoms with Gasteiger partial charge in [0.15, 0.2) is 0 Å². The molecule has 0 aliphatic carbocycles. The monoisotopic (exact) mass is 714 g/mol. The first-order valence-electron chi connectivity index (χ1n) is 18.1. The van der Waals surface area contributed by atoms with E-state index in [2.05, 4.69) is 189 Å². The fourth-order valence-electron chi connectivity index (χ4n) is 7.98. The van der Waals surface area contributed by atoms with Gasteiger partial charge in [-0.15, -0.1) is 0 Å². The van der Waals surface area contributed by atoms with Crippen LogP contribution in [0.4, 0.5) is 0 Å². The van der Waals surface area contributed by atoms with Crippen LogP contribution in [0, 0.1) is 6.92 Å². The van der Waals surface area contributed by atoms with Crippen LogP contribution in [0.1, 0.15) is 5.56 Å². The van der Waals surface area contributed by atoms with Crippen molar-refractivity contribution in [2.45, 2.75) is 29.9 Å². The quantitative estimate of drug-likeness (QED) is 0.127. The molecule has 1 aliphatic heterocycles. The number of aryl methyl sites for hydroxylation is 1. The molecule has 0 bridgehead atoms. The molecule has 0 saturated heterocycles. The number of fused-ring (bicyclic) bond motifs is 2. The summed E-state index contributed by atoms with van der Waals surface area (Å²) in [6.45, 7) is 7.09. The third-order valence-corrected chi connectivity index (χ3v) is 15.7. The SMILES string of the molecule is Cc1ccc2c(c1-c1ccc(-c3cc(-c4ccccc4)c(-c4ccccc4)c(-c4ccccc4)c3-c3ccccc3)cc1)Sc1ncncc1[Si]2(C)C. The molecule has 0 radical (unpaired) electrons. The van der Waals surface area contributed by atoms with Crippen LogP contribution in [0.5, 0.6) is 0 Å². The van der Waals surface area contributed by atoms with Gasteiger partial charge in [0.1, 0.15) is 19.4 Å². The third-order valence-electron chi connectivity index (χ3n) is 10.7. The van der Waals surface area contributed by atoms with Crippen LogP contribution < -0.4 is 10.4 Å². The van der Waals surface area contributed by atoms with E-state index in [1.54, 1.807) is 18.1 Å². The zero-order chi connectivity index (χ0) is 35.9. The van der Waals surface area contributed by atoms with Crippen LogP contribution in [0.3, 0.4) is 0 Å². The van der Waals surface area contributed by atoms with E-state index < -0.39 is 8.07 Å². The molecule has 1 aromatic heterocycles. The first-order valence-corrected chi connectivity index (χ1v) is 22.0. The van der Waals surface area contributed by atoms with Crippen molar-refractivity contribution in [1.29, 1.82) is 0 Å². The van der Waals surface area contributed by atoms with Crippen molar-refractivity contribution in [3.8, 4) is 66.8 Å². The molecule has 0 fully saturated rings. The van der Waals surface area contributed by atoms with Gasteiger partial charge in [-0.1, -0.05) is 183 Å². The number of benzene rings is 7. The Balaban J connectivity index is 1.30. The minimum atomic E-state index is -1.98. The van der Waals surface area contributed by atoms with E-state index in [-0.39, 0.29) is 0 Å². The number of aromatic nitrogens is 2. The Bertz CT molecular complexity index is 2590. The second-order valence-corrected chi connectivity index (χ2v) is 19.6. The molecule has 7 aromatic carbocycles. The summed E-state index contributed by atoms with van der Waals surface area (Å²) in [6, 6.07) is 59.9. The van der Waals surface area contributed by atoms with Gasteiger partial charge < -0.3 is 0 Å². The number of nitrogens with zero attached hydrogens (tertiary/aromatic N) is 2. The second kappa shape index (κ2) is 13.6. The average Bonchev–Trinajstić information content (AvgIpc) is 3.21. The van der Waals surface area contributed by atoms with Gasteiger partial charge in [0.25, 0.3) is 0 Å². The maximum atomic E-state index is 4.75. The normalized spacial score (nSPS) is 12.9. The second-order valence-electron chi connectivity index (χ2n) is 14.2. The molecular weight excluding hydrogens is 677 g/mol. The molecule has 0 N–H and O–H groups in total. The van der Waals surface area contributed by atoms with E-state index in [1.165, 1.54) is 87.6 Å². The summed E-state index contributed by atoms with van der Waals surface area (Å²) in [6.07, 6.45) is 3.73. The summed E-state index contributed by atoms with van der Waals surface area (Å²) in [7, 11) is -1.98. The lowest BCUT2D eigenvalue weighted by atomic mass is 9.79. The third kappa shape index (κ3) is 5.85. The summed E-state index contributed by atoms with van der Waals surface area (Å²) in [5.41, 5.74) is 15.9. The summed E-state index contributed by atoms with van der Waals surface area (Å²) in [5, 5.41) is 3.87. The Hall–Kier alpha value is -5.81. The van der Waals surface area contributed by atoms with E-state index in [9.17, 15) is 0 Å². The van der Waals surface area contributed by atoms with Gasteiger partial charge in [-0.05, 0) is 95.7 Å². The Morgan fingerprint density at radius 2 is 0.906 bits per heavy atom. The van der Waals surface area contributed by atoms with E-state index in [1.807, 2.05) is 6.20 Å². The molecule has 0 spiro atoms. The molecule has 2 heterocycles. The highest BCUT2D eigenvalue weighted by atomic mass is 32.2. The molecule has 1 aliphatic rings. The fourth-order valence-corrected chi connectivity index (χ4v) is 13.3. The highest BCUT2D eigenvalue weighted by molar-refractivity contribution is 8.00. The Morgan fingerprint density at radius 3 is 1.45 bits per heavy atom. The van der Waals surface area contributed by atoms with Crippen molar-refractivity contribution in [3.05, 3.63) is 182 Å². The van der Waals surface area contributed by atoms with Crippen LogP contribution in [0.2, 0.25) is 13.1 Å². The molecule has 0 saturated carbocycles. The number of hydrogen-bond donors (Lipinski definition) is 0. The van der Waals surface area contributed by atoms with Crippen LogP contribution in [0.15, 0.2) is 186 Å². The minimum Gasteiger partial charge on any atom is -0.245 e. The molecule has 0 atom stereocenters. The van der Waals surface area contributed by atoms with E-state index in [0.717, 1.165) is 5.03 Å². The van der Waals surface area contributed by atoms with Crippen molar-refractivity contribution < 1.29 is 0 Å². The molecule has 2 nitrogen and oxygen atoms in total. The molecule has 8 aromatic rings. The van der Waals surface area contributed by atoms with Gasteiger partial charge >= 0.3 is 0 Å². The highest BCUT2D eigenvalue weighted by Crippen LogP contribution is 2.50. The average molecular weight is 715 g/mol. The van der Waals surface area contributed by atoms with Gasteiger partial charge in [0.05, 0.1) is 0 Å². The van der Waals surface area contributed by atoms with Gasteiger partial charge in [-0.3, -0.25) is 0 Å². The van der Waals surface area contributed by atoms with Crippen molar-refractivity contribution in [2.75, 3.05) is 0 Å². The summed E-state index contributed by atoms with van der Waals surface area (Å²) in [5.74, 6) is 0. The van der Waals surface area contributed by atoms with Gasteiger partial charge in [0, 0.05) is 11.1 Å². The molecular formula is C49H38N2SSi. The Morgan fingerprint density at radius 1 is 0.453 bits per heavy atom. The van der Waals surface area contributed by atoms with Crippen LogP contribution in [-0.2, 0) is 0 Å². The topological polar surface area (TPSA) is 25.8 Å². The number of hydrogen-bond acceptors (Lipinski definition) is 3. The van der Waals surface area contributed by atoms with E-state index >= 15 is 0 Å². The van der Waals surface area contributed by atoms with Crippen molar-refractivity contribution in [1.82, 2.24) is 9.97 Å².